The van der Waals surface area contributed by atoms with E-state index in [-0.39, 0.29) is 17.4 Å². The summed E-state index contributed by atoms with van der Waals surface area (Å²) >= 11 is 0. The summed E-state index contributed by atoms with van der Waals surface area (Å²) in [5.41, 5.74) is 2.37. The van der Waals surface area contributed by atoms with Crippen LogP contribution in [0.2, 0.25) is 0 Å². The monoisotopic (exact) mass is 324 g/mol. The maximum absolute atomic E-state index is 12.7. The molecule has 0 aliphatic heterocycles. The Kier molecular flexibility index (Phi) is 4.84. The molecule has 2 atom stereocenters. The maximum Gasteiger partial charge on any atom is 0.268 e. The van der Waals surface area contributed by atoms with Crippen molar-refractivity contribution in [1.82, 2.24) is 9.88 Å². The number of benzene rings is 1. The molecule has 1 fully saturated rings. The third-order valence-electron chi connectivity index (χ3n) is 5.06. The van der Waals surface area contributed by atoms with Gasteiger partial charge in [0.25, 0.3) is 5.91 Å². The summed E-state index contributed by atoms with van der Waals surface area (Å²) in [6, 6.07) is 13.5. The van der Waals surface area contributed by atoms with Crippen molar-refractivity contribution in [3.8, 4) is 0 Å². The van der Waals surface area contributed by atoms with E-state index in [9.17, 15) is 9.59 Å². The van der Waals surface area contributed by atoms with Gasteiger partial charge in [-0.3, -0.25) is 9.59 Å². The van der Waals surface area contributed by atoms with Crippen molar-refractivity contribution >= 4 is 5.91 Å². The standard InChI is InChI=1S/C20H24N2O2/c1-14-12-16(23)13-19(22(14)2)20(24)21-18-11-7-6-10-17(18)15-8-4-3-5-9-15/h3-5,8-9,12-13,17-18H,6-7,10-11H2,1-2H3,(H,21,24)/t17-,18+/m0/s1. The van der Waals surface area contributed by atoms with Gasteiger partial charge in [-0.25, -0.2) is 0 Å². The number of aryl methyl sites for hydroxylation is 1. The van der Waals surface area contributed by atoms with Crippen LogP contribution in [0.1, 0.15) is 53.3 Å². The van der Waals surface area contributed by atoms with E-state index in [1.165, 1.54) is 18.1 Å². The third-order valence-corrected chi connectivity index (χ3v) is 5.06. The summed E-state index contributed by atoms with van der Waals surface area (Å²) in [5.74, 6) is 0.178. The molecule has 1 aromatic heterocycles. The quantitative estimate of drug-likeness (QED) is 0.943. The van der Waals surface area contributed by atoms with Crippen molar-refractivity contribution in [2.24, 2.45) is 7.05 Å². The molecular formula is C20H24N2O2. The van der Waals surface area contributed by atoms with Crippen molar-refractivity contribution in [1.29, 1.82) is 0 Å². The third kappa shape index (κ3) is 3.42. The van der Waals surface area contributed by atoms with E-state index >= 15 is 0 Å². The van der Waals surface area contributed by atoms with Gasteiger partial charge in [0, 0.05) is 36.8 Å². The molecule has 0 radical (unpaired) electrons. The average molecular weight is 324 g/mol. The predicted octanol–water partition coefficient (Wildman–Crippen LogP) is 3.15. The van der Waals surface area contributed by atoms with Crippen LogP contribution in [0, 0.1) is 6.92 Å². The first-order valence-corrected chi connectivity index (χ1v) is 8.60. The molecule has 1 aromatic carbocycles. The molecule has 0 bridgehead atoms. The van der Waals surface area contributed by atoms with Crippen molar-refractivity contribution in [2.75, 3.05) is 0 Å². The van der Waals surface area contributed by atoms with E-state index in [0.717, 1.165) is 25.0 Å². The van der Waals surface area contributed by atoms with Gasteiger partial charge in [-0.15, -0.1) is 0 Å². The number of hydrogen-bond donors (Lipinski definition) is 1. The molecule has 4 nitrogen and oxygen atoms in total. The van der Waals surface area contributed by atoms with Crippen molar-refractivity contribution in [3.63, 3.8) is 0 Å². The molecule has 126 valence electrons. The Morgan fingerprint density at radius 3 is 2.58 bits per heavy atom. The minimum Gasteiger partial charge on any atom is -0.347 e. The van der Waals surface area contributed by atoms with Crippen LogP contribution < -0.4 is 10.7 Å². The number of amides is 1. The van der Waals surface area contributed by atoms with E-state index in [2.05, 4.69) is 17.4 Å². The van der Waals surface area contributed by atoms with E-state index in [0.29, 0.717) is 11.6 Å². The Morgan fingerprint density at radius 2 is 1.83 bits per heavy atom. The number of nitrogens with zero attached hydrogens (tertiary/aromatic N) is 1. The number of carbonyl (C=O) groups is 1. The Bertz CT molecular complexity index is 780. The van der Waals surface area contributed by atoms with Crippen LogP contribution in [0.4, 0.5) is 0 Å². The fourth-order valence-electron chi connectivity index (χ4n) is 3.63. The van der Waals surface area contributed by atoms with Gasteiger partial charge in [-0.05, 0) is 25.3 Å². The highest BCUT2D eigenvalue weighted by atomic mass is 16.2. The van der Waals surface area contributed by atoms with Crippen LogP contribution in [-0.4, -0.2) is 16.5 Å². The molecule has 1 aliphatic carbocycles. The van der Waals surface area contributed by atoms with Gasteiger partial charge in [-0.1, -0.05) is 43.2 Å². The zero-order valence-electron chi connectivity index (χ0n) is 14.3. The van der Waals surface area contributed by atoms with Crippen LogP contribution >= 0.6 is 0 Å². The fraction of sp³-hybridized carbons (Fsp3) is 0.400. The highest BCUT2D eigenvalue weighted by Gasteiger charge is 2.28. The fourth-order valence-corrected chi connectivity index (χ4v) is 3.63. The molecule has 1 N–H and O–H groups in total. The van der Waals surface area contributed by atoms with Crippen LogP contribution in [0.15, 0.2) is 47.3 Å². The molecule has 3 rings (SSSR count). The van der Waals surface area contributed by atoms with Crippen LogP contribution in [0.5, 0.6) is 0 Å². The topological polar surface area (TPSA) is 51.1 Å². The Hall–Kier alpha value is -2.36. The lowest BCUT2D eigenvalue weighted by molar-refractivity contribution is 0.0911. The lowest BCUT2D eigenvalue weighted by Gasteiger charge is -2.32. The molecule has 0 spiro atoms. The molecule has 1 amide bonds. The minimum absolute atomic E-state index is 0.115. The molecule has 1 aliphatic rings. The van der Waals surface area contributed by atoms with E-state index in [1.54, 1.807) is 10.6 Å². The molecule has 4 heteroatoms. The molecule has 0 saturated heterocycles. The second-order valence-electron chi connectivity index (χ2n) is 6.66. The smallest absolute Gasteiger partial charge is 0.268 e. The highest BCUT2D eigenvalue weighted by molar-refractivity contribution is 5.92. The second-order valence-corrected chi connectivity index (χ2v) is 6.66. The van der Waals surface area contributed by atoms with Gasteiger partial charge < -0.3 is 9.88 Å². The molecule has 1 saturated carbocycles. The number of pyridine rings is 1. The number of rotatable bonds is 3. The Labute approximate surface area is 142 Å². The van der Waals surface area contributed by atoms with Gasteiger partial charge in [0.2, 0.25) is 0 Å². The van der Waals surface area contributed by atoms with Crippen LogP contribution in [0.25, 0.3) is 0 Å². The van der Waals surface area contributed by atoms with E-state index in [4.69, 9.17) is 0 Å². The van der Waals surface area contributed by atoms with Crippen molar-refractivity contribution in [3.05, 3.63) is 69.6 Å². The number of nitrogens with one attached hydrogen (secondary N) is 1. The van der Waals surface area contributed by atoms with Gasteiger partial charge in [0.1, 0.15) is 5.69 Å². The first kappa shape index (κ1) is 16.5. The average Bonchev–Trinajstić information content (AvgIpc) is 2.59. The highest BCUT2D eigenvalue weighted by Crippen LogP contribution is 2.33. The van der Waals surface area contributed by atoms with Gasteiger partial charge in [0.05, 0.1) is 0 Å². The van der Waals surface area contributed by atoms with Crippen molar-refractivity contribution < 1.29 is 4.79 Å². The molecule has 2 aromatic rings. The van der Waals surface area contributed by atoms with E-state index < -0.39 is 0 Å². The van der Waals surface area contributed by atoms with Crippen LogP contribution in [0.3, 0.4) is 0 Å². The van der Waals surface area contributed by atoms with Crippen LogP contribution in [-0.2, 0) is 7.05 Å². The number of hydrogen-bond acceptors (Lipinski definition) is 2. The summed E-state index contributed by atoms with van der Waals surface area (Å²) in [6.07, 6.45) is 4.38. The Morgan fingerprint density at radius 1 is 1.12 bits per heavy atom. The number of carbonyl (C=O) groups excluding carboxylic acids is 1. The summed E-state index contributed by atoms with van der Waals surface area (Å²) < 4.78 is 1.77. The molecule has 1 heterocycles. The van der Waals surface area contributed by atoms with Gasteiger partial charge in [0.15, 0.2) is 5.43 Å². The molecule has 0 unspecified atom stereocenters. The minimum atomic E-state index is -0.161. The lowest BCUT2D eigenvalue weighted by atomic mass is 9.80. The molecule has 24 heavy (non-hydrogen) atoms. The zero-order chi connectivity index (χ0) is 17.1. The predicted molar refractivity (Wildman–Crippen MR) is 95.3 cm³/mol. The van der Waals surface area contributed by atoms with Crippen molar-refractivity contribution in [2.45, 2.75) is 44.6 Å². The summed E-state index contributed by atoms with van der Waals surface area (Å²) in [4.78, 5) is 24.5. The zero-order valence-corrected chi connectivity index (χ0v) is 14.3. The van der Waals surface area contributed by atoms with E-state index in [1.807, 2.05) is 32.2 Å². The SMILES string of the molecule is Cc1cc(=O)cc(C(=O)N[C@@H]2CCCC[C@H]2c2ccccc2)n1C. The number of aromatic nitrogens is 1. The molecular weight excluding hydrogens is 300 g/mol. The first-order chi connectivity index (χ1) is 11.6. The normalized spacial score (nSPS) is 20.6. The maximum atomic E-state index is 12.7. The Balaban J connectivity index is 1.83. The summed E-state index contributed by atoms with van der Waals surface area (Å²) in [5, 5.41) is 3.18. The first-order valence-electron chi connectivity index (χ1n) is 8.60. The van der Waals surface area contributed by atoms with Gasteiger partial charge >= 0.3 is 0 Å². The van der Waals surface area contributed by atoms with Gasteiger partial charge in [-0.2, -0.15) is 0 Å². The largest absolute Gasteiger partial charge is 0.347 e. The second kappa shape index (κ2) is 7.04. The summed E-state index contributed by atoms with van der Waals surface area (Å²) in [6.45, 7) is 1.84. The summed E-state index contributed by atoms with van der Waals surface area (Å²) in [7, 11) is 1.82. The lowest BCUT2D eigenvalue weighted by Crippen LogP contribution is -2.42.